The van der Waals surface area contributed by atoms with E-state index in [0.29, 0.717) is 17.5 Å². The third kappa shape index (κ3) is 17.0. The van der Waals surface area contributed by atoms with Crippen molar-refractivity contribution in [2.75, 3.05) is 13.2 Å². The van der Waals surface area contributed by atoms with Crippen LogP contribution < -0.4 is 4.74 Å². The molecule has 2 aromatic rings. The molecular weight excluding hydrogens is 997 g/mol. The molecule has 24 nitrogen and oxygen atoms in total. The van der Waals surface area contributed by atoms with E-state index in [4.69, 9.17) is 47.4 Å². The summed E-state index contributed by atoms with van der Waals surface area (Å²) in [6, 6.07) is 12.6. The van der Waals surface area contributed by atoms with Gasteiger partial charge in [-0.1, -0.05) is 59.4 Å². The van der Waals surface area contributed by atoms with Crippen LogP contribution >= 0.6 is 0 Å². The van der Waals surface area contributed by atoms with Gasteiger partial charge in [0.2, 0.25) is 18.7 Å². The molecule has 20 atom stereocenters. The van der Waals surface area contributed by atoms with Crippen LogP contribution in [0.2, 0.25) is 0 Å². The predicted octanol–water partition coefficient (Wildman–Crippen LogP) is 0.942. The lowest BCUT2D eigenvalue weighted by molar-refractivity contribution is -0.281. The molecule has 2 aromatic carbocycles. The number of rotatable bonds is 13. The number of ether oxygens (including phenoxy) is 10. The Bertz CT molecular complexity index is 2140. The quantitative estimate of drug-likeness (QED) is 0.0995. The van der Waals surface area contributed by atoms with Gasteiger partial charge < -0.3 is 93.3 Å². The van der Waals surface area contributed by atoms with E-state index >= 15 is 0 Å². The van der Waals surface area contributed by atoms with E-state index < -0.39 is 141 Å². The van der Waals surface area contributed by atoms with Crippen molar-refractivity contribution in [3.05, 3.63) is 59.7 Å². The maximum Gasteiger partial charge on any atom is 0.305 e. The van der Waals surface area contributed by atoms with E-state index in [9.17, 15) is 69.9 Å². The smallest absolute Gasteiger partial charge is 0.305 e. The van der Waals surface area contributed by atoms with Crippen LogP contribution in [-0.4, -0.2) is 187 Å². The highest BCUT2D eigenvalue weighted by atomic mass is 16.7. The number of carbonyl (C=O) groups is 5. The van der Waals surface area contributed by atoms with Crippen LogP contribution in [0.1, 0.15) is 106 Å². The molecule has 0 amide bonds. The van der Waals surface area contributed by atoms with E-state index in [0.717, 1.165) is 6.42 Å². The SMILES string of the molecule is C.CC[C@H]1O[C@H](OC(C)=O)[C@@H](OC(C)=O)[C@@H](OC(C)=O)[C@@H]1C.CC[C@H]1O[C@H](c2cccc(O)c2)[C@@H](OC(C)=O)[C@@H](OC(C)=O)[C@@H]1C.OC[C@H]1O[C@H](Oc2cccc([C@H]3O[C@H](CO)[C@@H](O)[C@H](O)[C@@H]3O)c2)[C@@H](O)[C@@H](O)[C@@H]1O. The van der Waals surface area contributed by atoms with Gasteiger partial charge in [-0.15, -0.1) is 0 Å². The minimum absolute atomic E-state index is 0. The number of phenols is 1. The Labute approximate surface area is 435 Å². The van der Waals surface area contributed by atoms with Crippen molar-refractivity contribution in [3.8, 4) is 11.5 Å². The standard InChI is InChI=1S/C18H26O11.C18H24O6.C14H22O7.CH4/c19-5-9-11(21)13(23)15(25)17(28-9)7-2-1-3-8(4-7)27-18-16(26)14(24)12(22)10(6-20)29-18;1-5-15-10(2)16(22-11(3)19)18(23-12(4)20)17(24-15)13-7-6-8-14(21)9-13;1-6-11-7(2)12(18-8(3)15)13(19-9(4)16)14(21-11)20-10(5)17;/h1-4,9-26H,5-6H2;6-10,15-18,21H,5H2,1-4H3;7,11-14H,6H2,1-5H3;1H4/t9-,10-,11-,12-,13+,14+,15+,16+,17-,18+;10-,15-,16+,17-,18+;7-,11-,12+,13+,14+;/m111./s1. The first kappa shape index (κ1) is 64.2. The normalized spacial score (nSPS) is 35.2. The summed E-state index contributed by atoms with van der Waals surface area (Å²) in [5, 5.41) is 88.1. The van der Waals surface area contributed by atoms with Crippen LogP contribution in [0.15, 0.2) is 48.5 Å². The van der Waals surface area contributed by atoms with E-state index in [2.05, 4.69) is 0 Å². The summed E-state index contributed by atoms with van der Waals surface area (Å²) in [5.41, 5.74) is 1.02. The third-order valence-corrected chi connectivity index (χ3v) is 12.7. The van der Waals surface area contributed by atoms with Gasteiger partial charge in [-0.05, 0) is 48.2 Å². The first-order valence-electron chi connectivity index (χ1n) is 24.2. The molecule has 75 heavy (non-hydrogen) atoms. The molecule has 424 valence electrons. The average Bonchev–Trinajstić information content (AvgIpc) is 3.34. The van der Waals surface area contributed by atoms with Crippen molar-refractivity contribution in [1.29, 1.82) is 0 Å². The van der Waals surface area contributed by atoms with Gasteiger partial charge in [0.1, 0.15) is 84.7 Å². The minimum Gasteiger partial charge on any atom is -0.508 e. The molecule has 0 aromatic heterocycles. The van der Waals surface area contributed by atoms with E-state index in [1.54, 1.807) is 30.3 Å². The van der Waals surface area contributed by atoms with Crippen molar-refractivity contribution in [2.24, 2.45) is 11.8 Å². The molecule has 0 radical (unpaired) electrons. The number of aliphatic hydroxyl groups excluding tert-OH is 8. The first-order valence-corrected chi connectivity index (χ1v) is 24.2. The molecule has 9 N–H and O–H groups in total. The number of carbonyl (C=O) groups excluding carboxylic acids is 5. The molecule has 0 aliphatic carbocycles. The minimum atomic E-state index is -1.60. The highest BCUT2D eigenvalue weighted by molar-refractivity contribution is 5.69. The van der Waals surface area contributed by atoms with Gasteiger partial charge in [-0.25, -0.2) is 0 Å². The zero-order chi connectivity index (χ0) is 55.3. The van der Waals surface area contributed by atoms with Gasteiger partial charge in [0, 0.05) is 46.5 Å². The zero-order valence-corrected chi connectivity index (χ0v) is 42.6. The molecule has 4 heterocycles. The van der Waals surface area contributed by atoms with Gasteiger partial charge in [0.05, 0.1) is 25.4 Å². The maximum absolute atomic E-state index is 11.6. The highest BCUT2D eigenvalue weighted by Gasteiger charge is 2.51. The predicted molar refractivity (Wildman–Crippen MR) is 258 cm³/mol. The third-order valence-electron chi connectivity index (χ3n) is 12.7. The van der Waals surface area contributed by atoms with Crippen LogP contribution in [0.4, 0.5) is 0 Å². The fraction of sp³-hybridized carbons (Fsp3) is 0.667. The lowest BCUT2D eigenvalue weighted by Gasteiger charge is -2.44. The Kier molecular flexibility index (Phi) is 25.2. The monoisotopic (exact) mass is 1070 g/mol. The van der Waals surface area contributed by atoms with Gasteiger partial charge in [-0.3, -0.25) is 24.0 Å². The molecule has 4 aliphatic rings. The van der Waals surface area contributed by atoms with Crippen molar-refractivity contribution < 1.29 is 117 Å². The summed E-state index contributed by atoms with van der Waals surface area (Å²) in [6.45, 7) is 12.8. The highest BCUT2D eigenvalue weighted by Crippen LogP contribution is 2.41. The van der Waals surface area contributed by atoms with Crippen molar-refractivity contribution >= 4 is 29.8 Å². The van der Waals surface area contributed by atoms with Crippen LogP contribution in [0.25, 0.3) is 0 Å². The topological polar surface area (TPSA) is 360 Å². The van der Waals surface area contributed by atoms with Crippen molar-refractivity contribution in [1.82, 2.24) is 0 Å². The van der Waals surface area contributed by atoms with Crippen LogP contribution in [0, 0.1) is 11.8 Å². The lowest BCUT2D eigenvalue weighted by Crippen LogP contribution is -2.60. The summed E-state index contributed by atoms with van der Waals surface area (Å²) in [7, 11) is 0. The average molecular weight is 1070 g/mol. The Morgan fingerprint density at radius 2 is 0.893 bits per heavy atom. The van der Waals surface area contributed by atoms with Gasteiger partial charge in [-0.2, -0.15) is 0 Å². The number of benzene rings is 2. The fourth-order valence-electron chi connectivity index (χ4n) is 9.08. The summed E-state index contributed by atoms with van der Waals surface area (Å²) in [5.74, 6) is -2.64. The lowest BCUT2D eigenvalue weighted by atomic mass is 9.84. The van der Waals surface area contributed by atoms with Crippen molar-refractivity contribution in [2.45, 2.75) is 193 Å². The number of hydrogen-bond acceptors (Lipinski definition) is 24. The number of aliphatic hydroxyl groups is 8. The second-order valence-electron chi connectivity index (χ2n) is 18.3. The van der Waals surface area contributed by atoms with Gasteiger partial charge in [0.15, 0.2) is 6.10 Å². The van der Waals surface area contributed by atoms with E-state index in [-0.39, 0.29) is 43.0 Å². The second-order valence-corrected chi connectivity index (χ2v) is 18.3. The largest absolute Gasteiger partial charge is 0.508 e. The summed E-state index contributed by atoms with van der Waals surface area (Å²) in [6.07, 6.45) is -17.8. The number of aromatic hydroxyl groups is 1. The molecular formula is C51H76O24. The van der Waals surface area contributed by atoms with Crippen LogP contribution in [0.3, 0.4) is 0 Å². The molecule has 4 saturated heterocycles. The first-order chi connectivity index (χ1) is 34.9. The fourth-order valence-corrected chi connectivity index (χ4v) is 9.08. The summed E-state index contributed by atoms with van der Waals surface area (Å²) < 4.78 is 54.6. The second kappa shape index (κ2) is 29.4. The summed E-state index contributed by atoms with van der Waals surface area (Å²) in [4.78, 5) is 56.9. The number of hydrogen-bond donors (Lipinski definition) is 9. The molecule has 4 fully saturated rings. The van der Waals surface area contributed by atoms with Crippen LogP contribution in [-0.2, 0) is 66.6 Å². The summed E-state index contributed by atoms with van der Waals surface area (Å²) >= 11 is 0. The van der Waals surface area contributed by atoms with Gasteiger partial charge >= 0.3 is 29.8 Å². The van der Waals surface area contributed by atoms with E-state index in [1.807, 2.05) is 27.7 Å². The Morgan fingerprint density at radius 1 is 0.480 bits per heavy atom. The zero-order valence-electron chi connectivity index (χ0n) is 42.6. The Hall–Kier alpha value is -5.09. The molecule has 24 heteroatoms. The van der Waals surface area contributed by atoms with Crippen LogP contribution in [0.5, 0.6) is 11.5 Å². The molecule has 0 spiro atoms. The molecule has 0 unspecified atom stereocenters. The molecule has 0 saturated carbocycles. The number of esters is 5. The molecule has 0 bridgehead atoms. The maximum atomic E-state index is 11.6. The van der Waals surface area contributed by atoms with Crippen molar-refractivity contribution in [3.63, 3.8) is 0 Å². The Morgan fingerprint density at radius 3 is 1.39 bits per heavy atom. The Balaban J connectivity index is 0.000000299. The molecule has 4 aliphatic heterocycles. The van der Waals surface area contributed by atoms with Gasteiger partial charge in [0.25, 0.3) is 0 Å². The number of phenolic OH excluding ortho intramolecular Hbond substituents is 1. The molecule has 6 rings (SSSR count). The van der Waals surface area contributed by atoms with E-state index in [1.165, 1.54) is 52.8 Å².